The van der Waals surface area contributed by atoms with Crippen molar-refractivity contribution in [3.8, 4) is 11.5 Å². The van der Waals surface area contributed by atoms with Gasteiger partial charge in [0.05, 0.1) is 5.57 Å². The Morgan fingerprint density at radius 2 is 1.93 bits per heavy atom. The Bertz CT molecular complexity index is 1080. The number of carbonyl (C=O) groups is 1. The molecule has 3 heterocycles. The van der Waals surface area contributed by atoms with E-state index in [0.29, 0.717) is 21.7 Å². The number of hydrazone groups is 1. The number of ether oxygens (including phenoxy) is 2. The van der Waals surface area contributed by atoms with Gasteiger partial charge in [-0.05, 0) is 35.5 Å². The van der Waals surface area contributed by atoms with Crippen molar-refractivity contribution >= 4 is 39.8 Å². The number of aliphatic imine (C=N–C) groups is 1. The summed E-state index contributed by atoms with van der Waals surface area (Å²) in [5.74, 6) is 0.821. The SMILES string of the molecule is N=C1/C(=C/c2ccc3c(c2)OCO3)C(=O)N=C2SC(c3ccccc3)=NN12. The van der Waals surface area contributed by atoms with Crippen LogP contribution in [0.1, 0.15) is 11.1 Å². The Morgan fingerprint density at radius 1 is 1.11 bits per heavy atom. The highest BCUT2D eigenvalue weighted by Gasteiger charge is 2.36. The Balaban J connectivity index is 1.49. The predicted octanol–water partition coefficient (Wildman–Crippen LogP) is 3.08. The molecule has 1 amide bonds. The van der Waals surface area contributed by atoms with Crippen LogP contribution in [0.2, 0.25) is 0 Å². The molecule has 0 atom stereocenters. The quantitative estimate of drug-likeness (QED) is 0.814. The smallest absolute Gasteiger partial charge is 0.283 e. The van der Waals surface area contributed by atoms with Crippen LogP contribution in [0, 0.1) is 5.41 Å². The molecule has 2 aromatic rings. The summed E-state index contributed by atoms with van der Waals surface area (Å²) in [7, 11) is 0. The summed E-state index contributed by atoms with van der Waals surface area (Å²) in [5.41, 5.74) is 1.82. The van der Waals surface area contributed by atoms with Crippen molar-refractivity contribution in [1.82, 2.24) is 5.01 Å². The van der Waals surface area contributed by atoms with Gasteiger partial charge in [0, 0.05) is 5.56 Å². The van der Waals surface area contributed by atoms with Crippen LogP contribution in [0.5, 0.6) is 11.5 Å². The molecule has 0 aromatic heterocycles. The van der Waals surface area contributed by atoms with E-state index in [0.717, 1.165) is 11.1 Å². The first-order valence-electron chi connectivity index (χ1n) is 8.14. The lowest BCUT2D eigenvalue weighted by Crippen LogP contribution is -2.35. The molecule has 0 unspecified atom stereocenters. The molecule has 3 aliphatic rings. The highest BCUT2D eigenvalue weighted by Crippen LogP contribution is 2.34. The van der Waals surface area contributed by atoms with Crippen molar-refractivity contribution in [3.05, 3.63) is 65.2 Å². The molecule has 3 aliphatic heterocycles. The highest BCUT2D eigenvalue weighted by atomic mass is 32.2. The van der Waals surface area contributed by atoms with E-state index in [1.807, 2.05) is 30.3 Å². The van der Waals surface area contributed by atoms with E-state index in [-0.39, 0.29) is 18.2 Å². The van der Waals surface area contributed by atoms with Crippen LogP contribution in [-0.2, 0) is 4.79 Å². The summed E-state index contributed by atoms with van der Waals surface area (Å²) < 4.78 is 10.7. The van der Waals surface area contributed by atoms with Crippen molar-refractivity contribution in [3.63, 3.8) is 0 Å². The van der Waals surface area contributed by atoms with Crippen molar-refractivity contribution < 1.29 is 14.3 Å². The van der Waals surface area contributed by atoms with Gasteiger partial charge in [-0.25, -0.2) is 0 Å². The van der Waals surface area contributed by atoms with Crippen LogP contribution < -0.4 is 9.47 Å². The molecule has 7 nitrogen and oxygen atoms in total. The third-order valence-electron chi connectivity index (χ3n) is 4.18. The van der Waals surface area contributed by atoms with Crippen molar-refractivity contribution in [2.45, 2.75) is 0 Å². The Hall–Kier alpha value is -3.39. The fourth-order valence-corrected chi connectivity index (χ4v) is 3.76. The van der Waals surface area contributed by atoms with Gasteiger partial charge in [0.1, 0.15) is 5.04 Å². The average Bonchev–Trinajstić information content (AvgIpc) is 3.32. The van der Waals surface area contributed by atoms with E-state index in [9.17, 15) is 4.79 Å². The van der Waals surface area contributed by atoms with E-state index < -0.39 is 5.91 Å². The molecule has 0 radical (unpaired) electrons. The van der Waals surface area contributed by atoms with Gasteiger partial charge in [-0.3, -0.25) is 10.2 Å². The number of fused-ring (bicyclic) bond motifs is 2. The second-order valence-electron chi connectivity index (χ2n) is 5.90. The molecule has 0 aliphatic carbocycles. The number of carbonyl (C=O) groups excluding carboxylic acids is 1. The molecule has 0 bridgehead atoms. The van der Waals surface area contributed by atoms with Crippen LogP contribution in [-0.4, -0.2) is 33.8 Å². The monoisotopic (exact) mass is 376 g/mol. The summed E-state index contributed by atoms with van der Waals surface area (Å²) in [6.07, 6.45) is 1.62. The normalized spacial score (nSPS) is 19.3. The molecule has 27 heavy (non-hydrogen) atoms. The minimum absolute atomic E-state index is 0.00102. The first kappa shape index (κ1) is 15.8. The zero-order chi connectivity index (χ0) is 18.4. The van der Waals surface area contributed by atoms with Crippen LogP contribution in [0.15, 0.2) is 64.2 Å². The van der Waals surface area contributed by atoms with E-state index in [1.54, 1.807) is 24.3 Å². The molecule has 132 valence electrons. The third kappa shape index (κ3) is 2.70. The van der Waals surface area contributed by atoms with Gasteiger partial charge in [-0.15, -0.1) is 0 Å². The Morgan fingerprint density at radius 3 is 2.78 bits per heavy atom. The largest absolute Gasteiger partial charge is 0.454 e. The van der Waals surface area contributed by atoms with E-state index in [1.165, 1.54) is 16.8 Å². The highest BCUT2D eigenvalue weighted by molar-refractivity contribution is 8.27. The fourth-order valence-electron chi connectivity index (χ4n) is 2.86. The number of benzene rings is 2. The van der Waals surface area contributed by atoms with Crippen LogP contribution >= 0.6 is 11.8 Å². The molecule has 0 fully saturated rings. The van der Waals surface area contributed by atoms with Gasteiger partial charge >= 0.3 is 0 Å². The number of hydrogen-bond acceptors (Lipinski definition) is 6. The van der Waals surface area contributed by atoms with Crippen molar-refractivity contribution in [2.24, 2.45) is 10.1 Å². The van der Waals surface area contributed by atoms with E-state index >= 15 is 0 Å². The fraction of sp³-hybridized carbons (Fsp3) is 0.0526. The van der Waals surface area contributed by atoms with Crippen LogP contribution in [0.25, 0.3) is 6.08 Å². The van der Waals surface area contributed by atoms with Gasteiger partial charge in [0.25, 0.3) is 5.91 Å². The molecule has 1 N–H and O–H groups in total. The van der Waals surface area contributed by atoms with E-state index in [2.05, 4.69) is 10.1 Å². The van der Waals surface area contributed by atoms with Crippen molar-refractivity contribution in [1.29, 1.82) is 5.41 Å². The molecular weight excluding hydrogens is 364 g/mol. The molecule has 0 spiro atoms. The lowest BCUT2D eigenvalue weighted by atomic mass is 10.1. The summed E-state index contributed by atoms with van der Waals surface area (Å²) in [6, 6.07) is 15.0. The maximum atomic E-state index is 12.5. The third-order valence-corrected chi connectivity index (χ3v) is 5.14. The van der Waals surface area contributed by atoms with Gasteiger partial charge in [0.2, 0.25) is 12.0 Å². The van der Waals surface area contributed by atoms with Gasteiger partial charge in [-0.2, -0.15) is 15.1 Å². The lowest BCUT2D eigenvalue weighted by molar-refractivity contribution is -0.114. The number of amidine groups is 2. The van der Waals surface area contributed by atoms with Gasteiger partial charge in [-0.1, -0.05) is 36.4 Å². The average molecular weight is 376 g/mol. The molecule has 8 heteroatoms. The first-order chi connectivity index (χ1) is 13.2. The van der Waals surface area contributed by atoms with Gasteiger partial charge in [0.15, 0.2) is 17.3 Å². The Labute approximate surface area is 158 Å². The summed E-state index contributed by atoms with van der Waals surface area (Å²) in [5, 5.41) is 15.4. The zero-order valence-corrected chi connectivity index (χ0v) is 14.7. The second-order valence-corrected chi connectivity index (χ2v) is 6.86. The summed E-state index contributed by atoms with van der Waals surface area (Å²) in [6.45, 7) is 0.180. The van der Waals surface area contributed by atoms with Gasteiger partial charge < -0.3 is 9.47 Å². The molecular formula is C19H12N4O3S. The number of hydrogen-bond donors (Lipinski definition) is 1. The number of nitrogens with one attached hydrogen (secondary N) is 1. The number of amides is 1. The minimum Gasteiger partial charge on any atom is -0.454 e. The first-order valence-corrected chi connectivity index (χ1v) is 8.96. The predicted molar refractivity (Wildman–Crippen MR) is 103 cm³/mol. The topological polar surface area (TPSA) is 87.3 Å². The number of thioether (sulfide) groups is 1. The molecule has 2 aromatic carbocycles. The van der Waals surface area contributed by atoms with E-state index in [4.69, 9.17) is 14.9 Å². The maximum Gasteiger partial charge on any atom is 0.283 e. The molecule has 0 saturated carbocycles. The maximum absolute atomic E-state index is 12.5. The van der Waals surface area contributed by atoms with Crippen LogP contribution in [0.4, 0.5) is 0 Å². The summed E-state index contributed by atoms with van der Waals surface area (Å²) >= 11 is 1.28. The Kier molecular flexibility index (Phi) is 3.58. The van der Waals surface area contributed by atoms with Crippen LogP contribution in [0.3, 0.4) is 0 Å². The molecule has 0 saturated heterocycles. The standard InChI is InChI=1S/C19H12N4O3S/c20-16-13(8-11-6-7-14-15(9-11)26-10-25-14)17(24)21-19-23(16)22-18(27-19)12-4-2-1-3-5-12/h1-9,20H,10H2/b13-8-,20-16?. The summed E-state index contributed by atoms with van der Waals surface area (Å²) in [4.78, 5) is 16.6. The lowest BCUT2D eigenvalue weighted by Gasteiger charge is -2.20. The molecule has 5 rings (SSSR count). The number of rotatable bonds is 2. The van der Waals surface area contributed by atoms with Crippen molar-refractivity contribution in [2.75, 3.05) is 6.79 Å². The minimum atomic E-state index is -0.457. The second kappa shape index (κ2) is 6.10. The number of nitrogens with zero attached hydrogens (tertiary/aromatic N) is 3. The zero-order valence-electron chi connectivity index (χ0n) is 13.9.